The second-order valence-corrected chi connectivity index (χ2v) is 4.83. The Hall–Kier alpha value is -1.46. The van der Waals surface area contributed by atoms with Gasteiger partial charge in [-0.15, -0.1) is 0 Å². The zero-order valence-corrected chi connectivity index (χ0v) is 10.4. The van der Waals surface area contributed by atoms with Gasteiger partial charge in [-0.3, -0.25) is 9.59 Å². The van der Waals surface area contributed by atoms with Gasteiger partial charge in [-0.05, 0) is 13.3 Å². The molecule has 0 saturated carbocycles. The minimum Gasteiger partial charge on any atom is -0.460 e. The van der Waals surface area contributed by atoms with Gasteiger partial charge in [-0.25, -0.2) is 0 Å². The fourth-order valence-corrected chi connectivity index (χ4v) is 2.17. The van der Waals surface area contributed by atoms with Crippen molar-refractivity contribution in [2.45, 2.75) is 44.8 Å². The number of carbonyl (C=O) groups is 2. The molecule has 0 spiro atoms. The second-order valence-electron chi connectivity index (χ2n) is 4.83. The quantitative estimate of drug-likeness (QED) is 0.787. The van der Waals surface area contributed by atoms with Gasteiger partial charge in [0.15, 0.2) is 22.9 Å². The van der Waals surface area contributed by atoms with Crippen molar-refractivity contribution in [3.05, 3.63) is 23.2 Å². The van der Waals surface area contributed by atoms with Crippen molar-refractivity contribution >= 4 is 11.6 Å². The van der Waals surface area contributed by atoms with Crippen LogP contribution in [0, 0.1) is 0 Å². The fraction of sp³-hybridized carbons (Fsp3) is 0.538. The van der Waals surface area contributed by atoms with Crippen LogP contribution in [0.25, 0.3) is 0 Å². The third-order valence-electron chi connectivity index (χ3n) is 3.37. The molecule has 0 radical (unpaired) electrons. The van der Waals surface area contributed by atoms with Gasteiger partial charge in [0.25, 0.3) is 0 Å². The molecule has 5 heteroatoms. The maximum Gasteiger partial charge on any atom is 0.200 e. The number of carbonyl (C=O) groups excluding carboxylic acids is 2. The van der Waals surface area contributed by atoms with Gasteiger partial charge in [0, 0.05) is 18.4 Å². The van der Waals surface area contributed by atoms with Crippen molar-refractivity contribution in [1.82, 2.24) is 0 Å². The summed E-state index contributed by atoms with van der Waals surface area (Å²) in [5.41, 5.74) is -1.20. The molecule has 0 bridgehead atoms. The van der Waals surface area contributed by atoms with Crippen LogP contribution in [-0.2, 0) is 6.42 Å². The minimum atomic E-state index is -1.82. The van der Waals surface area contributed by atoms with Gasteiger partial charge >= 0.3 is 0 Å². The molecule has 2 atom stereocenters. The molecule has 0 aliphatic heterocycles. The van der Waals surface area contributed by atoms with Crippen molar-refractivity contribution in [1.29, 1.82) is 0 Å². The summed E-state index contributed by atoms with van der Waals surface area (Å²) in [4.78, 5) is 23.8. The molecule has 1 aliphatic carbocycles. The summed E-state index contributed by atoms with van der Waals surface area (Å²) in [6, 6.07) is 0. The molecule has 1 aliphatic rings. The maximum atomic E-state index is 12.0. The van der Waals surface area contributed by atoms with E-state index in [2.05, 4.69) is 0 Å². The monoisotopic (exact) mass is 252 g/mol. The number of Topliss-reactive ketones (excluding diaryl/α,β-unsaturated/α-hetero) is 2. The number of fused-ring (bicyclic) bond motifs is 1. The summed E-state index contributed by atoms with van der Waals surface area (Å²) < 4.78 is 5.15. The number of hydrogen-bond acceptors (Lipinski definition) is 5. The standard InChI is InChI=1S/C13H16O5/c1-3-4-9(14)11-7-5-10(15)13(2,17)12(16)8(7)6-18-11/h6,10,15,17H,3-5H2,1-2H3/t10-,13-/m1/s1. The average molecular weight is 252 g/mol. The van der Waals surface area contributed by atoms with Crippen LogP contribution >= 0.6 is 0 Å². The van der Waals surface area contributed by atoms with E-state index in [4.69, 9.17) is 4.42 Å². The van der Waals surface area contributed by atoms with Crippen LogP contribution in [0.3, 0.4) is 0 Å². The average Bonchev–Trinajstić information content (AvgIpc) is 2.70. The SMILES string of the molecule is CCCC(=O)c1occ2c1C[C@@H](O)[C@@](C)(O)C2=O. The predicted octanol–water partition coefficient (Wildman–Crippen LogP) is 1.11. The lowest BCUT2D eigenvalue weighted by Gasteiger charge is -2.31. The zero-order chi connectivity index (χ0) is 13.5. The third-order valence-corrected chi connectivity index (χ3v) is 3.37. The molecule has 0 fully saturated rings. The molecule has 18 heavy (non-hydrogen) atoms. The smallest absolute Gasteiger partial charge is 0.200 e. The molecule has 0 unspecified atom stereocenters. The zero-order valence-electron chi connectivity index (χ0n) is 10.4. The summed E-state index contributed by atoms with van der Waals surface area (Å²) in [7, 11) is 0. The number of aliphatic hydroxyl groups excluding tert-OH is 1. The molecule has 1 aromatic rings. The summed E-state index contributed by atoms with van der Waals surface area (Å²) in [6.07, 6.45) is 1.04. The third kappa shape index (κ3) is 1.79. The van der Waals surface area contributed by atoms with E-state index in [0.717, 1.165) is 0 Å². The first-order chi connectivity index (χ1) is 8.39. The normalized spacial score (nSPS) is 27.1. The van der Waals surface area contributed by atoms with E-state index in [1.165, 1.54) is 13.2 Å². The summed E-state index contributed by atoms with van der Waals surface area (Å²) in [5.74, 6) is -0.648. The van der Waals surface area contributed by atoms with Crippen LogP contribution in [-0.4, -0.2) is 33.5 Å². The molecule has 2 rings (SSSR count). The maximum absolute atomic E-state index is 12.0. The first-order valence-electron chi connectivity index (χ1n) is 5.98. The first-order valence-corrected chi connectivity index (χ1v) is 5.98. The van der Waals surface area contributed by atoms with Crippen molar-refractivity contribution in [2.75, 3.05) is 0 Å². The molecule has 5 nitrogen and oxygen atoms in total. The predicted molar refractivity (Wildman–Crippen MR) is 62.6 cm³/mol. The highest BCUT2D eigenvalue weighted by molar-refractivity contribution is 6.07. The Balaban J connectivity index is 2.44. The van der Waals surface area contributed by atoms with E-state index < -0.39 is 17.5 Å². The highest BCUT2D eigenvalue weighted by Crippen LogP contribution is 2.32. The van der Waals surface area contributed by atoms with E-state index in [9.17, 15) is 19.8 Å². The number of ketones is 2. The molecule has 1 aromatic heterocycles. The number of aliphatic hydroxyl groups is 2. The van der Waals surface area contributed by atoms with Crippen LogP contribution < -0.4 is 0 Å². The van der Waals surface area contributed by atoms with Crippen LogP contribution in [0.15, 0.2) is 10.7 Å². The lowest BCUT2D eigenvalue weighted by atomic mass is 9.79. The fourth-order valence-electron chi connectivity index (χ4n) is 2.17. The summed E-state index contributed by atoms with van der Waals surface area (Å²) in [5, 5.41) is 19.7. The van der Waals surface area contributed by atoms with Crippen LogP contribution in [0.5, 0.6) is 0 Å². The Kier molecular flexibility index (Phi) is 3.12. The molecule has 0 aromatic carbocycles. The van der Waals surface area contributed by atoms with E-state index in [0.29, 0.717) is 18.4 Å². The Morgan fingerprint density at radius 3 is 2.89 bits per heavy atom. The van der Waals surface area contributed by atoms with Gasteiger partial charge in [-0.1, -0.05) is 6.92 Å². The van der Waals surface area contributed by atoms with Crippen molar-refractivity contribution < 1.29 is 24.2 Å². The minimum absolute atomic E-state index is 0.0510. The topological polar surface area (TPSA) is 87.7 Å². The van der Waals surface area contributed by atoms with Gasteiger partial charge in [-0.2, -0.15) is 0 Å². The van der Waals surface area contributed by atoms with Gasteiger partial charge < -0.3 is 14.6 Å². The van der Waals surface area contributed by atoms with Crippen LogP contribution in [0.1, 0.15) is 53.2 Å². The highest BCUT2D eigenvalue weighted by atomic mass is 16.4. The Morgan fingerprint density at radius 2 is 2.28 bits per heavy atom. The Labute approximate surface area is 104 Å². The summed E-state index contributed by atoms with van der Waals surface area (Å²) >= 11 is 0. The Morgan fingerprint density at radius 1 is 1.61 bits per heavy atom. The number of hydrogen-bond donors (Lipinski definition) is 2. The highest BCUT2D eigenvalue weighted by Gasteiger charge is 2.46. The van der Waals surface area contributed by atoms with Gasteiger partial charge in [0.1, 0.15) is 6.26 Å². The number of rotatable bonds is 3. The van der Waals surface area contributed by atoms with Crippen LogP contribution in [0.2, 0.25) is 0 Å². The van der Waals surface area contributed by atoms with Crippen molar-refractivity contribution in [2.24, 2.45) is 0 Å². The van der Waals surface area contributed by atoms with E-state index in [1.807, 2.05) is 6.92 Å². The molecule has 98 valence electrons. The lowest BCUT2D eigenvalue weighted by molar-refractivity contribution is -0.0427. The van der Waals surface area contributed by atoms with Crippen molar-refractivity contribution in [3.8, 4) is 0 Å². The van der Waals surface area contributed by atoms with Crippen LogP contribution in [0.4, 0.5) is 0 Å². The van der Waals surface area contributed by atoms with Gasteiger partial charge in [0.2, 0.25) is 0 Å². The molecule has 2 N–H and O–H groups in total. The molecule has 0 amide bonds. The second kappa shape index (κ2) is 4.33. The molecule has 1 heterocycles. The van der Waals surface area contributed by atoms with E-state index in [-0.39, 0.29) is 23.5 Å². The molecule has 0 saturated heterocycles. The Bertz CT molecular complexity index is 497. The van der Waals surface area contributed by atoms with Gasteiger partial charge in [0.05, 0.1) is 11.7 Å². The largest absolute Gasteiger partial charge is 0.460 e. The number of furan rings is 1. The summed E-state index contributed by atoms with van der Waals surface area (Å²) in [6.45, 7) is 3.14. The van der Waals surface area contributed by atoms with E-state index in [1.54, 1.807) is 0 Å². The first kappa shape index (κ1) is 13.0. The molecular weight excluding hydrogens is 236 g/mol. The van der Waals surface area contributed by atoms with Crippen molar-refractivity contribution in [3.63, 3.8) is 0 Å². The molecular formula is C13H16O5. The van der Waals surface area contributed by atoms with E-state index >= 15 is 0 Å². The lowest BCUT2D eigenvalue weighted by Crippen LogP contribution is -2.51.